The van der Waals surface area contributed by atoms with E-state index in [2.05, 4.69) is 100 Å². The minimum absolute atomic E-state index is 0.0672. The number of aldehydes is 1. The van der Waals surface area contributed by atoms with E-state index in [0.717, 1.165) is 32.3 Å². The average molecular weight is 611 g/mol. The Balaban J connectivity index is 0.000000335. The Kier molecular flexibility index (Phi) is 13.8. The fraction of sp³-hybridized carbons (Fsp3) is 0.367. The fourth-order valence-corrected chi connectivity index (χ4v) is 4.73. The summed E-state index contributed by atoms with van der Waals surface area (Å²) in [5, 5.41) is 10.9. The molecule has 211 valence electrons. The van der Waals surface area contributed by atoms with Gasteiger partial charge in [-0.3, -0.25) is 4.79 Å². The standard InChI is InChI=1S/C14H17NOS.C14H15NOS.C2H6.Mn.2O/c2*1-14(2,3)11-6-4-10(5-7-11)13-15-8-12(9-16)17-13;1-2;;;/h4-8,16H,9H2,1-3H3;4-9H,1-3H3;1-2H3;;;/i;;1D;;;. The number of aliphatic hydroxyl groups is 1. The van der Waals surface area contributed by atoms with Crippen LogP contribution in [0.1, 0.15) is 82.4 Å². The zero-order chi connectivity index (χ0) is 30.3. The van der Waals surface area contributed by atoms with E-state index in [0.29, 0.717) is 11.8 Å². The van der Waals surface area contributed by atoms with E-state index in [4.69, 9.17) is 14.1 Å². The third-order valence-corrected chi connectivity index (χ3v) is 7.35. The van der Waals surface area contributed by atoms with Crippen LogP contribution in [-0.2, 0) is 39.9 Å². The Labute approximate surface area is 247 Å². The van der Waals surface area contributed by atoms with Gasteiger partial charge in [0.1, 0.15) is 10.0 Å². The Bertz CT molecular complexity index is 1330. The first-order chi connectivity index (χ1) is 18.8. The second-order valence-electron chi connectivity index (χ2n) is 10.2. The molecule has 6 nitrogen and oxygen atoms in total. The van der Waals surface area contributed by atoms with E-state index in [1.54, 1.807) is 19.3 Å². The van der Waals surface area contributed by atoms with Gasteiger partial charge in [-0.05, 0) is 22.0 Å². The first-order valence-electron chi connectivity index (χ1n) is 12.9. The van der Waals surface area contributed by atoms with Gasteiger partial charge < -0.3 is 5.11 Å². The van der Waals surface area contributed by atoms with Crippen molar-refractivity contribution in [1.29, 1.82) is 0 Å². The maximum atomic E-state index is 10.6. The monoisotopic (exact) mass is 610 g/mol. The Hall–Kier alpha value is -2.55. The average Bonchev–Trinajstić information content (AvgIpc) is 3.59. The molecule has 2 aromatic heterocycles. The normalized spacial score (nSPS) is 10.9. The van der Waals surface area contributed by atoms with Crippen LogP contribution in [0.2, 0.25) is 0 Å². The van der Waals surface area contributed by atoms with E-state index in [9.17, 15) is 4.79 Å². The van der Waals surface area contributed by atoms with E-state index >= 15 is 0 Å². The van der Waals surface area contributed by atoms with Crippen LogP contribution < -0.4 is 0 Å². The molecule has 0 aliphatic heterocycles. The predicted octanol–water partition coefficient (Wildman–Crippen LogP) is 8.31. The number of carbonyl (C=O) groups is 1. The SMILES string of the molecule is CC(C)(C)c1ccc(-c2ncc(C=O)s2)cc1.CC(C)(C)c1ccc(-c2ncc(CO)s2)cc1.[2H]CC.[O]=[Mn]=[O]. The summed E-state index contributed by atoms with van der Waals surface area (Å²) in [6.07, 6.45) is 4.19. The molecule has 0 bridgehead atoms. The number of benzene rings is 2. The van der Waals surface area contributed by atoms with Gasteiger partial charge in [0.15, 0.2) is 6.29 Å². The molecule has 1 N–H and O–H groups in total. The number of hydrogen-bond acceptors (Lipinski definition) is 8. The van der Waals surface area contributed by atoms with Crippen molar-refractivity contribution in [3.63, 3.8) is 0 Å². The van der Waals surface area contributed by atoms with E-state index in [1.807, 2.05) is 0 Å². The summed E-state index contributed by atoms with van der Waals surface area (Å²) < 4.78 is 23.0. The molecule has 9 heteroatoms. The van der Waals surface area contributed by atoms with Crippen molar-refractivity contribution in [1.82, 2.24) is 9.97 Å². The van der Waals surface area contributed by atoms with Crippen LogP contribution in [0.25, 0.3) is 21.1 Å². The van der Waals surface area contributed by atoms with Crippen LogP contribution in [0.3, 0.4) is 0 Å². The van der Waals surface area contributed by atoms with E-state index < -0.39 is 14.8 Å². The molecular weight excluding hydrogens is 571 g/mol. The quantitative estimate of drug-likeness (QED) is 0.184. The van der Waals surface area contributed by atoms with Gasteiger partial charge in [-0.15, -0.1) is 22.7 Å². The Morgan fingerprint density at radius 2 is 1.21 bits per heavy atom. The van der Waals surface area contributed by atoms with Crippen molar-refractivity contribution < 1.29 is 33.8 Å². The number of aromatic nitrogens is 2. The Morgan fingerprint density at radius 1 is 0.821 bits per heavy atom. The molecule has 0 saturated heterocycles. The molecule has 2 heterocycles. The van der Waals surface area contributed by atoms with Gasteiger partial charge in [-0.2, -0.15) is 0 Å². The van der Waals surface area contributed by atoms with Crippen molar-refractivity contribution in [3.8, 4) is 21.1 Å². The third kappa shape index (κ3) is 11.2. The molecule has 39 heavy (non-hydrogen) atoms. The van der Waals surface area contributed by atoms with Crippen LogP contribution >= 0.6 is 22.7 Å². The van der Waals surface area contributed by atoms with Gasteiger partial charge in [0.2, 0.25) is 0 Å². The van der Waals surface area contributed by atoms with Gasteiger partial charge in [-0.25, -0.2) is 9.97 Å². The summed E-state index contributed by atoms with van der Waals surface area (Å²) in [6, 6.07) is 16.9. The number of nitrogens with zero attached hydrogens (tertiary/aromatic N) is 2. The molecule has 2 aromatic carbocycles. The first kappa shape index (κ1) is 32.7. The van der Waals surface area contributed by atoms with Crippen LogP contribution in [0.15, 0.2) is 60.9 Å². The van der Waals surface area contributed by atoms with Crippen molar-refractivity contribution in [2.45, 2.75) is 72.8 Å². The second-order valence-corrected chi connectivity index (χ2v) is 12.6. The molecule has 4 aromatic rings. The molecule has 0 fully saturated rings. The van der Waals surface area contributed by atoms with Gasteiger partial charge >= 0.3 is 22.5 Å². The van der Waals surface area contributed by atoms with Crippen LogP contribution in [0.5, 0.6) is 0 Å². The van der Waals surface area contributed by atoms with Crippen LogP contribution in [-0.4, -0.2) is 21.4 Å². The molecule has 0 saturated carbocycles. The van der Waals surface area contributed by atoms with Crippen molar-refractivity contribution in [2.24, 2.45) is 0 Å². The van der Waals surface area contributed by atoms with Crippen molar-refractivity contribution in [2.75, 3.05) is 0 Å². The van der Waals surface area contributed by atoms with Gasteiger partial charge in [0.05, 0.1) is 16.4 Å². The molecule has 0 aliphatic carbocycles. The van der Waals surface area contributed by atoms with Gasteiger partial charge in [0, 0.05) is 24.9 Å². The summed E-state index contributed by atoms with van der Waals surface area (Å²) in [6.45, 7) is 15.5. The van der Waals surface area contributed by atoms with E-state index in [-0.39, 0.29) is 17.4 Å². The number of aliphatic hydroxyl groups excluding tert-OH is 1. The summed E-state index contributed by atoms with van der Waals surface area (Å²) in [7, 11) is 0. The summed E-state index contributed by atoms with van der Waals surface area (Å²) in [4.78, 5) is 20.7. The van der Waals surface area contributed by atoms with Gasteiger partial charge in [0.25, 0.3) is 0 Å². The fourth-order valence-electron chi connectivity index (χ4n) is 3.21. The van der Waals surface area contributed by atoms with Crippen molar-refractivity contribution in [3.05, 3.63) is 81.8 Å². The molecule has 0 aliphatic rings. The Morgan fingerprint density at radius 3 is 1.51 bits per heavy atom. The maximum absolute atomic E-state index is 10.6. The van der Waals surface area contributed by atoms with Crippen LogP contribution in [0, 0.1) is 0 Å². The topological polar surface area (TPSA) is 97.2 Å². The van der Waals surface area contributed by atoms with E-state index in [1.165, 1.54) is 33.8 Å². The number of hydrogen-bond donors (Lipinski definition) is 1. The minimum atomic E-state index is -1.44. The molecule has 0 atom stereocenters. The first-order valence-corrected chi connectivity index (χ1v) is 14.8. The number of rotatable bonds is 4. The van der Waals surface area contributed by atoms with Crippen molar-refractivity contribution >= 4 is 29.0 Å². The number of thiazole rings is 2. The van der Waals surface area contributed by atoms with Crippen LogP contribution in [0.4, 0.5) is 0 Å². The summed E-state index contributed by atoms with van der Waals surface area (Å²) >= 11 is 1.52. The summed E-state index contributed by atoms with van der Waals surface area (Å²) in [5.41, 5.74) is 5.14. The van der Waals surface area contributed by atoms with Gasteiger partial charge in [-0.1, -0.05) is 104 Å². The molecule has 0 amide bonds. The predicted molar refractivity (Wildman–Crippen MR) is 157 cm³/mol. The molecule has 4 rings (SSSR count). The third-order valence-electron chi connectivity index (χ3n) is 5.34. The molecular formula is C30H38MnN2O4S2. The second kappa shape index (κ2) is 16.5. The summed E-state index contributed by atoms with van der Waals surface area (Å²) in [5.74, 6) is 0. The molecule has 0 spiro atoms. The zero-order valence-corrected chi connectivity index (χ0v) is 26.3. The number of carbonyl (C=O) groups excluding carboxylic acids is 1. The molecule has 0 radical (unpaired) electrons. The zero-order valence-electron chi connectivity index (χ0n) is 24.5. The molecule has 0 unspecified atom stereocenters.